The Hall–Kier alpha value is -4.06. The average molecular weight is 429 g/mol. The molecule has 4 aromatic rings. The predicted molar refractivity (Wildman–Crippen MR) is 120 cm³/mol. The summed E-state index contributed by atoms with van der Waals surface area (Å²) in [6.45, 7) is 4.46. The van der Waals surface area contributed by atoms with Crippen LogP contribution in [0.5, 0.6) is 17.2 Å². The van der Waals surface area contributed by atoms with Gasteiger partial charge in [0, 0.05) is 11.5 Å². The maximum absolute atomic E-state index is 11.0. The standard InChI is InChI=1S/C26H23NO5/c1-17(2)25-23(24(27-32-25)18-6-4-3-5-7-18)16-30-20-12-14-22(15-13-20)31-21-10-8-19(9-11-21)26(28)29/h3-15,17H,16H2,1-2H3,(H,28,29). The fourth-order valence-corrected chi connectivity index (χ4v) is 3.30. The highest BCUT2D eigenvalue weighted by atomic mass is 16.5. The molecule has 3 aromatic carbocycles. The van der Waals surface area contributed by atoms with Crippen LogP contribution in [0.2, 0.25) is 0 Å². The van der Waals surface area contributed by atoms with Crippen LogP contribution in [0.3, 0.4) is 0 Å². The third-order valence-corrected chi connectivity index (χ3v) is 4.93. The van der Waals surface area contributed by atoms with E-state index < -0.39 is 5.97 Å². The van der Waals surface area contributed by atoms with E-state index in [4.69, 9.17) is 19.1 Å². The molecule has 6 heteroatoms. The molecule has 0 saturated carbocycles. The molecular weight excluding hydrogens is 406 g/mol. The van der Waals surface area contributed by atoms with Crippen LogP contribution >= 0.6 is 0 Å². The zero-order chi connectivity index (χ0) is 22.5. The summed E-state index contributed by atoms with van der Waals surface area (Å²) in [5.74, 6) is 1.89. The van der Waals surface area contributed by atoms with Crippen LogP contribution in [-0.4, -0.2) is 16.2 Å². The number of carboxylic acid groups (broad SMARTS) is 1. The lowest BCUT2D eigenvalue weighted by molar-refractivity contribution is 0.0697. The highest BCUT2D eigenvalue weighted by Gasteiger charge is 2.20. The van der Waals surface area contributed by atoms with Crippen molar-refractivity contribution in [3.05, 3.63) is 95.7 Å². The van der Waals surface area contributed by atoms with Crippen LogP contribution in [0.15, 0.2) is 83.4 Å². The maximum Gasteiger partial charge on any atom is 0.335 e. The molecule has 6 nitrogen and oxygen atoms in total. The minimum atomic E-state index is -0.970. The summed E-state index contributed by atoms with van der Waals surface area (Å²) < 4.78 is 17.4. The summed E-state index contributed by atoms with van der Waals surface area (Å²) in [6.07, 6.45) is 0. The molecule has 0 aliphatic heterocycles. The quantitative estimate of drug-likeness (QED) is 0.343. The molecule has 0 atom stereocenters. The first-order chi connectivity index (χ1) is 15.5. The van der Waals surface area contributed by atoms with Crippen molar-refractivity contribution in [3.8, 4) is 28.5 Å². The van der Waals surface area contributed by atoms with Crippen LogP contribution in [-0.2, 0) is 6.61 Å². The molecule has 4 rings (SSSR count). The van der Waals surface area contributed by atoms with Crippen LogP contribution in [0.25, 0.3) is 11.3 Å². The Morgan fingerprint density at radius 1 is 0.906 bits per heavy atom. The molecule has 1 heterocycles. The second-order valence-electron chi connectivity index (χ2n) is 7.59. The fourth-order valence-electron chi connectivity index (χ4n) is 3.30. The molecule has 0 saturated heterocycles. The highest BCUT2D eigenvalue weighted by molar-refractivity contribution is 5.87. The van der Waals surface area contributed by atoms with Crippen LogP contribution in [0.4, 0.5) is 0 Å². The normalized spacial score (nSPS) is 10.8. The summed E-state index contributed by atoms with van der Waals surface area (Å²) in [5, 5.41) is 13.3. The van der Waals surface area contributed by atoms with Crippen molar-refractivity contribution >= 4 is 5.97 Å². The first kappa shape index (κ1) is 21.2. The topological polar surface area (TPSA) is 81.8 Å². The van der Waals surface area contributed by atoms with E-state index in [-0.39, 0.29) is 11.5 Å². The first-order valence-corrected chi connectivity index (χ1v) is 10.3. The van der Waals surface area contributed by atoms with E-state index in [9.17, 15) is 4.79 Å². The number of carbonyl (C=O) groups is 1. The minimum absolute atomic E-state index is 0.182. The lowest BCUT2D eigenvalue weighted by Crippen LogP contribution is -2.01. The van der Waals surface area contributed by atoms with Gasteiger partial charge in [0.2, 0.25) is 0 Å². The molecule has 0 spiro atoms. The summed E-state index contributed by atoms with van der Waals surface area (Å²) in [7, 11) is 0. The number of aromatic nitrogens is 1. The van der Waals surface area contributed by atoms with Crippen molar-refractivity contribution in [2.24, 2.45) is 0 Å². The molecule has 0 bridgehead atoms. The van der Waals surface area contributed by atoms with Gasteiger partial charge in [-0.3, -0.25) is 0 Å². The van der Waals surface area contributed by atoms with Crippen molar-refractivity contribution < 1.29 is 23.9 Å². The molecule has 1 N–H and O–H groups in total. The van der Waals surface area contributed by atoms with Gasteiger partial charge in [0.15, 0.2) is 0 Å². The first-order valence-electron chi connectivity index (χ1n) is 10.3. The molecule has 32 heavy (non-hydrogen) atoms. The molecular formula is C26H23NO5. The molecule has 0 aliphatic rings. The Labute approximate surface area is 186 Å². The van der Waals surface area contributed by atoms with Crippen molar-refractivity contribution in [2.45, 2.75) is 26.4 Å². The van der Waals surface area contributed by atoms with E-state index >= 15 is 0 Å². The van der Waals surface area contributed by atoms with Gasteiger partial charge < -0.3 is 19.1 Å². The lowest BCUT2D eigenvalue weighted by atomic mass is 10.0. The molecule has 1 aromatic heterocycles. The molecule has 0 radical (unpaired) electrons. The van der Waals surface area contributed by atoms with Crippen molar-refractivity contribution in [3.63, 3.8) is 0 Å². The van der Waals surface area contributed by atoms with Crippen LogP contribution in [0, 0.1) is 0 Å². The SMILES string of the molecule is CC(C)c1onc(-c2ccccc2)c1COc1ccc(Oc2ccc(C(=O)O)cc2)cc1. The monoisotopic (exact) mass is 429 g/mol. The van der Waals surface area contributed by atoms with Crippen molar-refractivity contribution in [1.82, 2.24) is 5.16 Å². The van der Waals surface area contributed by atoms with E-state index in [1.165, 1.54) is 12.1 Å². The minimum Gasteiger partial charge on any atom is -0.489 e. The number of hydrogen-bond acceptors (Lipinski definition) is 5. The summed E-state index contributed by atoms with van der Waals surface area (Å²) in [6, 6.07) is 23.4. The Morgan fingerprint density at radius 3 is 2.09 bits per heavy atom. The van der Waals surface area contributed by atoms with Gasteiger partial charge in [0.05, 0.1) is 11.1 Å². The smallest absolute Gasteiger partial charge is 0.335 e. The number of carboxylic acids is 1. The third kappa shape index (κ3) is 4.81. The van der Waals surface area contributed by atoms with Gasteiger partial charge in [-0.25, -0.2) is 4.79 Å². The number of rotatable bonds is 8. The van der Waals surface area contributed by atoms with Gasteiger partial charge in [-0.15, -0.1) is 0 Å². The molecule has 0 unspecified atom stereocenters. The molecule has 0 fully saturated rings. The number of nitrogens with zero attached hydrogens (tertiary/aromatic N) is 1. The molecule has 0 amide bonds. The Morgan fingerprint density at radius 2 is 1.50 bits per heavy atom. The van der Waals surface area contributed by atoms with Gasteiger partial charge >= 0.3 is 5.97 Å². The largest absolute Gasteiger partial charge is 0.489 e. The second kappa shape index (κ2) is 9.39. The zero-order valence-corrected chi connectivity index (χ0v) is 17.8. The Balaban J connectivity index is 1.45. The number of hydrogen-bond donors (Lipinski definition) is 1. The summed E-state index contributed by atoms with van der Waals surface area (Å²) in [5.41, 5.74) is 2.92. The summed E-state index contributed by atoms with van der Waals surface area (Å²) in [4.78, 5) is 11.0. The molecule has 162 valence electrons. The van der Waals surface area contributed by atoms with Gasteiger partial charge in [-0.1, -0.05) is 49.3 Å². The van der Waals surface area contributed by atoms with Gasteiger partial charge in [0.1, 0.15) is 35.3 Å². The Bertz CT molecular complexity index is 1180. The van der Waals surface area contributed by atoms with E-state index in [1.54, 1.807) is 24.3 Å². The van der Waals surface area contributed by atoms with Gasteiger partial charge in [-0.05, 0) is 48.5 Å². The predicted octanol–water partition coefficient (Wildman–Crippen LogP) is 6.53. The fraction of sp³-hybridized carbons (Fsp3) is 0.154. The number of ether oxygens (including phenoxy) is 2. The lowest BCUT2D eigenvalue weighted by Gasteiger charge is -2.10. The summed E-state index contributed by atoms with van der Waals surface area (Å²) >= 11 is 0. The zero-order valence-electron chi connectivity index (χ0n) is 17.8. The van der Waals surface area contributed by atoms with Crippen molar-refractivity contribution in [2.75, 3.05) is 0 Å². The van der Waals surface area contributed by atoms with E-state index in [1.807, 2.05) is 42.5 Å². The molecule has 0 aliphatic carbocycles. The number of benzene rings is 3. The third-order valence-electron chi connectivity index (χ3n) is 4.93. The van der Waals surface area contributed by atoms with E-state index in [0.717, 1.165) is 22.6 Å². The van der Waals surface area contributed by atoms with Gasteiger partial charge in [0.25, 0.3) is 0 Å². The van der Waals surface area contributed by atoms with Gasteiger partial charge in [-0.2, -0.15) is 0 Å². The highest BCUT2D eigenvalue weighted by Crippen LogP contribution is 2.31. The Kier molecular flexibility index (Phi) is 6.22. The second-order valence-corrected chi connectivity index (χ2v) is 7.59. The van der Waals surface area contributed by atoms with Crippen LogP contribution in [0.1, 0.15) is 41.4 Å². The van der Waals surface area contributed by atoms with E-state index in [2.05, 4.69) is 19.0 Å². The van der Waals surface area contributed by atoms with Crippen molar-refractivity contribution in [1.29, 1.82) is 0 Å². The van der Waals surface area contributed by atoms with Crippen LogP contribution < -0.4 is 9.47 Å². The maximum atomic E-state index is 11.0. The number of aromatic carboxylic acids is 1. The van der Waals surface area contributed by atoms with E-state index in [0.29, 0.717) is 23.9 Å². The average Bonchev–Trinajstić information content (AvgIpc) is 3.24.